The van der Waals surface area contributed by atoms with Gasteiger partial charge in [0.1, 0.15) is 11.9 Å². The molecule has 0 aromatic heterocycles. The average Bonchev–Trinajstić information content (AvgIpc) is 2.68. The highest BCUT2D eigenvalue weighted by atomic mass is 16.5. The maximum atomic E-state index is 12.6. The lowest BCUT2D eigenvalue weighted by Crippen LogP contribution is -2.48. The Balaban J connectivity index is 2.21. The maximum absolute atomic E-state index is 12.6. The van der Waals surface area contributed by atoms with E-state index in [0.717, 1.165) is 12.8 Å². The third-order valence-corrected chi connectivity index (χ3v) is 4.19. The van der Waals surface area contributed by atoms with E-state index in [9.17, 15) is 15.0 Å². The summed E-state index contributed by atoms with van der Waals surface area (Å²) < 4.78 is 5.22. The molecular formula is C16H23NO4. The molecule has 116 valence electrons. The van der Waals surface area contributed by atoms with Gasteiger partial charge < -0.3 is 19.8 Å². The van der Waals surface area contributed by atoms with Gasteiger partial charge in [-0.15, -0.1) is 0 Å². The fourth-order valence-electron chi connectivity index (χ4n) is 2.89. The first kappa shape index (κ1) is 15.8. The first-order chi connectivity index (χ1) is 10.1. The summed E-state index contributed by atoms with van der Waals surface area (Å²) in [5.41, 5.74) is 0.466. The number of nitrogens with zero attached hydrogens (tertiary/aromatic N) is 1. The zero-order valence-corrected chi connectivity index (χ0v) is 12.5. The van der Waals surface area contributed by atoms with Crippen LogP contribution >= 0.6 is 0 Å². The summed E-state index contributed by atoms with van der Waals surface area (Å²) in [7, 11) is 3.19. The summed E-state index contributed by atoms with van der Waals surface area (Å²) in [5.74, 6) is 0.309. The van der Waals surface area contributed by atoms with Gasteiger partial charge in [-0.1, -0.05) is 25.0 Å². The van der Waals surface area contributed by atoms with Crippen molar-refractivity contribution in [2.24, 2.45) is 0 Å². The Hall–Kier alpha value is -1.59. The van der Waals surface area contributed by atoms with Crippen molar-refractivity contribution in [2.75, 3.05) is 14.2 Å². The van der Waals surface area contributed by atoms with E-state index in [1.165, 1.54) is 12.0 Å². The van der Waals surface area contributed by atoms with Crippen LogP contribution in [0.15, 0.2) is 24.3 Å². The Kier molecular flexibility index (Phi) is 5.20. The SMILES string of the molecule is COc1ccccc1C(=O)N(C)[C@@H]1CCCC[C@@H](O)[C@@H]1O. The number of aliphatic hydroxyl groups is 2. The van der Waals surface area contributed by atoms with Crippen LogP contribution in [-0.2, 0) is 0 Å². The van der Waals surface area contributed by atoms with Gasteiger partial charge in [-0.2, -0.15) is 0 Å². The fraction of sp³-hybridized carbons (Fsp3) is 0.562. The monoisotopic (exact) mass is 293 g/mol. The van der Waals surface area contributed by atoms with E-state index in [-0.39, 0.29) is 11.9 Å². The average molecular weight is 293 g/mol. The van der Waals surface area contributed by atoms with Gasteiger partial charge in [0.25, 0.3) is 5.91 Å². The molecule has 5 nitrogen and oxygen atoms in total. The number of likely N-dealkylation sites (N-methyl/N-ethyl adjacent to an activating group) is 1. The Labute approximate surface area is 125 Å². The van der Waals surface area contributed by atoms with Crippen molar-refractivity contribution in [3.63, 3.8) is 0 Å². The van der Waals surface area contributed by atoms with Crippen molar-refractivity contribution in [2.45, 2.75) is 43.9 Å². The van der Waals surface area contributed by atoms with Gasteiger partial charge in [-0.3, -0.25) is 4.79 Å². The third-order valence-electron chi connectivity index (χ3n) is 4.19. The van der Waals surface area contributed by atoms with Gasteiger partial charge in [0, 0.05) is 7.05 Å². The molecule has 1 saturated carbocycles. The van der Waals surface area contributed by atoms with Crippen LogP contribution in [0.2, 0.25) is 0 Å². The van der Waals surface area contributed by atoms with Crippen molar-refractivity contribution in [1.82, 2.24) is 4.90 Å². The number of amides is 1. The molecule has 2 rings (SSSR count). The third kappa shape index (κ3) is 3.36. The Morgan fingerprint density at radius 2 is 1.90 bits per heavy atom. The number of aliphatic hydroxyl groups excluding tert-OH is 2. The molecule has 0 heterocycles. The lowest BCUT2D eigenvalue weighted by Gasteiger charge is -2.32. The summed E-state index contributed by atoms with van der Waals surface area (Å²) in [4.78, 5) is 14.2. The molecule has 1 fully saturated rings. The highest BCUT2D eigenvalue weighted by Gasteiger charge is 2.34. The topological polar surface area (TPSA) is 70.0 Å². The molecule has 5 heteroatoms. The first-order valence-electron chi connectivity index (χ1n) is 7.32. The molecule has 3 atom stereocenters. The van der Waals surface area contributed by atoms with E-state index in [1.807, 2.05) is 0 Å². The molecule has 1 aromatic carbocycles. The summed E-state index contributed by atoms with van der Waals surface area (Å²) in [6.07, 6.45) is 1.35. The fourth-order valence-corrected chi connectivity index (χ4v) is 2.89. The van der Waals surface area contributed by atoms with Crippen LogP contribution in [0.5, 0.6) is 5.75 Å². The number of benzene rings is 1. The van der Waals surface area contributed by atoms with Gasteiger partial charge in [0.2, 0.25) is 0 Å². The molecule has 1 aliphatic rings. The van der Waals surface area contributed by atoms with Gasteiger partial charge in [0.15, 0.2) is 0 Å². The number of hydrogen-bond donors (Lipinski definition) is 2. The van der Waals surface area contributed by atoms with Gasteiger partial charge in [-0.25, -0.2) is 0 Å². The molecule has 0 bridgehead atoms. The molecule has 0 spiro atoms. The van der Waals surface area contributed by atoms with Crippen molar-refractivity contribution >= 4 is 5.91 Å². The van der Waals surface area contributed by atoms with Crippen molar-refractivity contribution < 1.29 is 19.7 Å². The quantitative estimate of drug-likeness (QED) is 0.827. The second kappa shape index (κ2) is 6.91. The summed E-state index contributed by atoms with van der Waals surface area (Å²) in [6, 6.07) is 6.65. The van der Waals surface area contributed by atoms with E-state index in [2.05, 4.69) is 0 Å². The number of hydrogen-bond acceptors (Lipinski definition) is 4. The minimum Gasteiger partial charge on any atom is -0.496 e. The predicted molar refractivity (Wildman–Crippen MR) is 79.4 cm³/mol. The Morgan fingerprint density at radius 3 is 2.62 bits per heavy atom. The van der Waals surface area contributed by atoms with E-state index in [0.29, 0.717) is 24.2 Å². The number of methoxy groups -OCH3 is 1. The number of rotatable bonds is 3. The zero-order valence-electron chi connectivity index (χ0n) is 12.5. The van der Waals surface area contributed by atoms with Crippen LogP contribution in [0.3, 0.4) is 0 Å². The summed E-state index contributed by atoms with van der Waals surface area (Å²) >= 11 is 0. The smallest absolute Gasteiger partial charge is 0.257 e. The number of para-hydroxylation sites is 1. The van der Waals surface area contributed by atoms with E-state index in [4.69, 9.17) is 4.74 Å². The second-order valence-corrected chi connectivity index (χ2v) is 5.53. The second-order valence-electron chi connectivity index (χ2n) is 5.53. The van der Waals surface area contributed by atoms with E-state index in [1.54, 1.807) is 31.3 Å². The molecule has 0 unspecified atom stereocenters. The lowest BCUT2D eigenvalue weighted by atomic mass is 10.0. The van der Waals surface area contributed by atoms with Crippen LogP contribution in [0, 0.1) is 0 Å². The first-order valence-corrected chi connectivity index (χ1v) is 7.32. The van der Waals surface area contributed by atoms with Gasteiger partial charge in [0.05, 0.1) is 24.8 Å². The minimum atomic E-state index is -0.906. The molecule has 21 heavy (non-hydrogen) atoms. The van der Waals surface area contributed by atoms with Crippen molar-refractivity contribution in [1.29, 1.82) is 0 Å². The van der Waals surface area contributed by atoms with E-state index >= 15 is 0 Å². The molecule has 1 amide bonds. The van der Waals surface area contributed by atoms with Crippen LogP contribution in [0.4, 0.5) is 0 Å². The lowest BCUT2D eigenvalue weighted by molar-refractivity contribution is -0.0256. The molecule has 0 radical (unpaired) electrons. The number of carbonyl (C=O) groups is 1. The highest BCUT2D eigenvalue weighted by molar-refractivity contribution is 5.97. The molecule has 1 aliphatic carbocycles. The maximum Gasteiger partial charge on any atom is 0.257 e. The van der Waals surface area contributed by atoms with Crippen LogP contribution in [0.25, 0.3) is 0 Å². The molecule has 2 N–H and O–H groups in total. The van der Waals surface area contributed by atoms with Gasteiger partial charge in [-0.05, 0) is 25.0 Å². The highest BCUT2D eigenvalue weighted by Crippen LogP contribution is 2.25. The molecule has 0 aliphatic heterocycles. The van der Waals surface area contributed by atoms with Gasteiger partial charge >= 0.3 is 0 Å². The zero-order chi connectivity index (χ0) is 15.4. The van der Waals surface area contributed by atoms with Crippen molar-refractivity contribution in [3.05, 3.63) is 29.8 Å². The number of ether oxygens (including phenoxy) is 1. The van der Waals surface area contributed by atoms with Crippen LogP contribution in [-0.4, -0.2) is 53.4 Å². The predicted octanol–water partition coefficient (Wildman–Crippen LogP) is 1.43. The largest absolute Gasteiger partial charge is 0.496 e. The summed E-state index contributed by atoms with van der Waals surface area (Å²) in [6.45, 7) is 0. The van der Waals surface area contributed by atoms with Crippen molar-refractivity contribution in [3.8, 4) is 5.75 Å². The minimum absolute atomic E-state index is 0.203. The Morgan fingerprint density at radius 1 is 1.24 bits per heavy atom. The normalized spacial score (nSPS) is 26.0. The molecular weight excluding hydrogens is 270 g/mol. The molecule has 0 saturated heterocycles. The standard InChI is InChI=1S/C16H23NO4/c1-17(12-8-4-5-9-13(18)15(12)19)16(20)11-7-3-6-10-14(11)21-2/h3,6-7,10,12-13,15,18-19H,4-5,8-9H2,1-2H3/t12-,13-,15-/m1/s1. The molecule has 1 aromatic rings. The van der Waals surface area contributed by atoms with Crippen LogP contribution < -0.4 is 4.74 Å². The van der Waals surface area contributed by atoms with Crippen LogP contribution in [0.1, 0.15) is 36.0 Å². The van der Waals surface area contributed by atoms with E-state index < -0.39 is 12.2 Å². The summed E-state index contributed by atoms with van der Waals surface area (Å²) in [5, 5.41) is 20.2. The number of carbonyl (C=O) groups excluding carboxylic acids is 1. The Bertz CT molecular complexity index is 491.